The summed E-state index contributed by atoms with van der Waals surface area (Å²) in [5.74, 6) is 1.21. The lowest BCUT2D eigenvalue weighted by molar-refractivity contribution is 0.292. The number of aliphatic imine (C=N–C) groups is 2. The van der Waals surface area contributed by atoms with Crippen LogP contribution in [-0.2, 0) is 9.47 Å². The number of hydrogen-bond acceptors (Lipinski definition) is 4. The predicted octanol–water partition coefficient (Wildman–Crippen LogP) is 1.40. The first-order valence-corrected chi connectivity index (χ1v) is 5.25. The highest BCUT2D eigenvalue weighted by molar-refractivity contribution is 6.36. The van der Waals surface area contributed by atoms with Crippen LogP contribution in [-0.4, -0.2) is 37.1 Å². The zero-order valence-corrected chi connectivity index (χ0v) is 8.69. The standard InChI is InChI=1S/C10H16N2O2/c1-3-7-5-13-9(11-7)10-12-8(4-2)6-14-10/h7-8H,3-6H2,1-2H3/t7-,8-/m1/s1. The van der Waals surface area contributed by atoms with Gasteiger partial charge in [-0.25, -0.2) is 9.98 Å². The van der Waals surface area contributed by atoms with Gasteiger partial charge in [0.15, 0.2) is 0 Å². The minimum absolute atomic E-state index is 0.289. The van der Waals surface area contributed by atoms with Crippen molar-refractivity contribution in [2.24, 2.45) is 9.98 Å². The molecule has 2 aliphatic heterocycles. The summed E-state index contributed by atoms with van der Waals surface area (Å²) in [4.78, 5) is 8.79. The third kappa shape index (κ3) is 1.74. The van der Waals surface area contributed by atoms with Crippen molar-refractivity contribution < 1.29 is 9.47 Å². The zero-order chi connectivity index (χ0) is 9.97. The van der Waals surface area contributed by atoms with Crippen molar-refractivity contribution in [3.8, 4) is 0 Å². The number of hydrogen-bond donors (Lipinski definition) is 0. The lowest BCUT2D eigenvalue weighted by atomic mass is 10.3. The van der Waals surface area contributed by atoms with Gasteiger partial charge in [0, 0.05) is 0 Å². The maximum Gasteiger partial charge on any atom is 0.273 e. The maximum absolute atomic E-state index is 5.43. The van der Waals surface area contributed by atoms with Crippen molar-refractivity contribution >= 4 is 11.8 Å². The number of ether oxygens (including phenoxy) is 2. The first kappa shape index (κ1) is 9.49. The van der Waals surface area contributed by atoms with E-state index in [0.717, 1.165) is 12.8 Å². The van der Waals surface area contributed by atoms with Gasteiger partial charge in [0.2, 0.25) is 0 Å². The van der Waals surface area contributed by atoms with E-state index >= 15 is 0 Å². The molecule has 0 aliphatic carbocycles. The highest BCUT2D eigenvalue weighted by atomic mass is 16.5. The van der Waals surface area contributed by atoms with Gasteiger partial charge >= 0.3 is 0 Å². The molecule has 4 heteroatoms. The fraction of sp³-hybridized carbons (Fsp3) is 0.800. The molecular weight excluding hydrogens is 180 g/mol. The Labute approximate surface area is 84.0 Å². The van der Waals surface area contributed by atoms with Crippen molar-refractivity contribution in [2.75, 3.05) is 13.2 Å². The van der Waals surface area contributed by atoms with Crippen LogP contribution in [0.3, 0.4) is 0 Å². The molecule has 2 heterocycles. The first-order valence-electron chi connectivity index (χ1n) is 5.25. The van der Waals surface area contributed by atoms with Crippen LogP contribution in [0.25, 0.3) is 0 Å². The highest BCUT2D eigenvalue weighted by Gasteiger charge is 2.27. The van der Waals surface area contributed by atoms with E-state index in [1.807, 2.05) is 0 Å². The van der Waals surface area contributed by atoms with Crippen LogP contribution in [0.5, 0.6) is 0 Å². The summed E-state index contributed by atoms with van der Waals surface area (Å²) in [7, 11) is 0. The largest absolute Gasteiger partial charge is 0.472 e. The molecule has 2 atom stereocenters. The van der Waals surface area contributed by atoms with Gasteiger partial charge in [-0.05, 0) is 12.8 Å². The molecule has 0 aromatic heterocycles. The Hall–Kier alpha value is -1.06. The summed E-state index contributed by atoms with van der Waals surface area (Å²) in [5, 5.41) is 0. The topological polar surface area (TPSA) is 43.2 Å². The van der Waals surface area contributed by atoms with Gasteiger partial charge in [-0.2, -0.15) is 0 Å². The second-order valence-electron chi connectivity index (χ2n) is 3.61. The minimum Gasteiger partial charge on any atom is -0.472 e. The molecule has 0 amide bonds. The Morgan fingerprint density at radius 3 is 1.71 bits per heavy atom. The van der Waals surface area contributed by atoms with E-state index in [2.05, 4.69) is 23.8 Å². The second-order valence-corrected chi connectivity index (χ2v) is 3.61. The van der Waals surface area contributed by atoms with Crippen molar-refractivity contribution in [1.82, 2.24) is 0 Å². The van der Waals surface area contributed by atoms with Gasteiger partial charge in [-0.3, -0.25) is 0 Å². The van der Waals surface area contributed by atoms with Crippen LogP contribution < -0.4 is 0 Å². The zero-order valence-electron chi connectivity index (χ0n) is 8.69. The lowest BCUT2D eigenvalue weighted by Crippen LogP contribution is -2.14. The highest BCUT2D eigenvalue weighted by Crippen LogP contribution is 2.14. The van der Waals surface area contributed by atoms with E-state index < -0.39 is 0 Å². The SMILES string of the molecule is CC[C@@H]1COC(C2=N[C@H](CC)CO2)=N1. The van der Waals surface area contributed by atoms with Crippen molar-refractivity contribution in [3.63, 3.8) is 0 Å². The molecule has 4 nitrogen and oxygen atoms in total. The van der Waals surface area contributed by atoms with Gasteiger partial charge in [0.1, 0.15) is 13.2 Å². The fourth-order valence-corrected chi connectivity index (χ4v) is 1.48. The monoisotopic (exact) mass is 196 g/mol. The van der Waals surface area contributed by atoms with E-state index in [0.29, 0.717) is 25.0 Å². The fourth-order valence-electron chi connectivity index (χ4n) is 1.48. The Balaban J connectivity index is 2.03. The normalized spacial score (nSPS) is 30.7. The summed E-state index contributed by atoms with van der Waals surface area (Å²) in [6.45, 7) is 5.55. The molecule has 0 saturated heterocycles. The van der Waals surface area contributed by atoms with Crippen LogP contribution in [0, 0.1) is 0 Å². The average molecular weight is 196 g/mol. The van der Waals surface area contributed by atoms with Gasteiger partial charge < -0.3 is 9.47 Å². The average Bonchev–Trinajstić information content (AvgIpc) is 2.86. The van der Waals surface area contributed by atoms with Crippen molar-refractivity contribution in [1.29, 1.82) is 0 Å². The van der Waals surface area contributed by atoms with E-state index in [1.54, 1.807) is 0 Å². The number of nitrogens with zero attached hydrogens (tertiary/aromatic N) is 2. The summed E-state index contributed by atoms with van der Waals surface area (Å²) >= 11 is 0. The molecule has 0 spiro atoms. The van der Waals surface area contributed by atoms with E-state index in [4.69, 9.17) is 9.47 Å². The van der Waals surface area contributed by atoms with Gasteiger partial charge in [-0.15, -0.1) is 0 Å². The summed E-state index contributed by atoms with van der Waals surface area (Å²) in [6, 6.07) is 0.578. The molecule has 0 unspecified atom stereocenters. The molecule has 2 aliphatic rings. The quantitative estimate of drug-likeness (QED) is 0.684. The van der Waals surface area contributed by atoms with Crippen molar-refractivity contribution in [2.45, 2.75) is 38.8 Å². The molecule has 0 saturated carbocycles. The lowest BCUT2D eigenvalue weighted by Gasteiger charge is -1.99. The maximum atomic E-state index is 5.43. The van der Waals surface area contributed by atoms with Crippen molar-refractivity contribution in [3.05, 3.63) is 0 Å². The Morgan fingerprint density at radius 2 is 1.43 bits per heavy atom. The van der Waals surface area contributed by atoms with Gasteiger partial charge in [0.05, 0.1) is 12.1 Å². The molecule has 0 aromatic carbocycles. The molecule has 0 bridgehead atoms. The first-order chi connectivity index (χ1) is 6.83. The molecule has 0 aromatic rings. The minimum atomic E-state index is 0.289. The van der Waals surface area contributed by atoms with E-state index in [-0.39, 0.29) is 12.1 Å². The molecule has 2 rings (SSSR count). The third-order valence-corrected chi connectivity index (χ3v) is 2.55. The molecule has 0 radical (unpaired) electrons. The molecule has 78 valence electrons. The molecule has 0 fully saturated rings. The van der Waals surface area contributed by atoms with Gasteiger partial charge in [-0.1, -0.05) is 13.8 Å². The molecular formula is C10H16N2O2. The summed E-state index contributed by atoms with van der Waals surface area (Å²) in [6.07, 6.45) is 2.02. The third-order valence-electron chi connectivity index (χ3n) is 2.55. The smallest absolute Gasteiger partial charge is 0.273 e. The molecule has 14 heavy (non-hydrogen) atoms. The van der Waals surface area contributed by atoms with Crippen LogP contribution in [0.1, 0.15) is 26.7 Å². The predicted molar refractivity (Wildman–Crippen MR) is 54.9 cm³/mol. The van der Waals surface area contributed by atoms with Crippen LogP contribution in [0.2, 0.25) is 0 Å². The van der Waals surface area contributed by atoms with Gasteiger partial charge in [0.25, 0.3) is 11.8 Å². The van der Waals surface area contributed by atoms with Crippen LogP contribution in [0.4, 0.5) is 0 Å². The number of rotatable bonds is 3. The Bertz CT molecular complexity index is 245. The Kier molecular flexibility index (Phi) is 2.70. The van der Waals surface area contributed by atoms with Crippen LogP contribution in [0.15, 0.2) is 9.98 Å². The van der Waals surface area contributed by atoms with E-state index in [9.17, 15) is 0 Å². The second kappa shape index (κ2) is 3.98. The summed E-state index contributed by atoms with van der Waals surface area (Å²) < 4.78 is 10.9. The van der Waals surface area contributed by atoms with Crippen LogP contribution >= 0.6 is 0 Å². The Morgan fingerprint density at radius 1 is 1.00 bits per heavy atom. The molecule has 0 N–H and O–H groups in total. The van der Waals surface area contributed by atoms with E-state index in [1.165, 1.54) is 0 Å². The summed E-state index contributed by atoms with van der Waals surface area (Å²) in [5.41, 5.74) is 0.